The van der Waals surface area contributed by atoms with Crippen molar-refractivity contribution in [1.82, 2.24) is 0 Å². The number of fused-ring (bicyclic) bond motifs is 9. The van der Waals surface area contributed by atoms with Crippen LogP contribution >= 0.6 is 0 Å². The summed E-state index contributed by atoms with van der Waals surface area (Å²) in [7, 11) is 0. The van der Waals surface area contributed by atoms with Crippen molar-refractivity contribution in [2.24, 2.45) is 40.9 Å². The fourth-order valence-corrected chi connectivity index (χ4v) is 7.61. The number of ketones is 1. The number of hydrogen-bond acceptors (Lipinski definition) is 3. The van der Waals surface area contributed by atoms with Crippen LogP contribution in [0.2, 0.25) is 0 Å². The molecule has 130 valence electrons. The molecule has 0 amide bonds. The molecule has 0 aromatic heterocycles. The van der Waals surface area contributed by atoms with Crippen molar-refractivity contribution in [3.05, 3.63) is 36.0 Å². The van der Waals surface area contributed by atoms with Crippen LogP contribution in [0.1, 0.15) is 39.0 Å². The highest BCUT2D eigenvalue weighted by Crippen LogP contribution is 2.77. The van der Waals surface area contributed by atoms with Crippen LogP contribution in [0.4, 0.5) is 0 Å². The quantitative estimate of drug-likeness (QED) is 0.635. The molecule has 0 aromatic carbocycles. The zero-order valence-corrected chi connectivity index (χ0v) is 14.6. The Kier molecular flexibility index (Phi) is 2.53. The molecule has 3 nitrogen and oxygen atoms in total. The number of esters is 1. The molecule has 1 spiro atoms. The Balaban J connectivity index is 1.42. The zero-order chi connectivity index (χ0) is 17.0. The van der Waals surface area contributed by atoms with E-state index in [1.807, 2.05) is 6.08 Å². The van der Waals surface area contributed by atoms with E-state index in [1.54, 1.807) is 6.08 Å². The standard InChI is InChI=1S/C22H24O3/c1-21-8-6-15-14-5-3-13(23)10-12(14)2-4-16(15)20(21)17-11-18(17)22(21)9-7-19(24)25-22/h2,4,7,9-10,14-18,20H,3,5-6,8,11H2,1H3/t14-,15+,16+,17-,18+,20+,21-,22-/m0/s1. The summed E-state index contributed by atoms with van der Waals surface area (Å²) in [5, 5.41) is 0. The van der Waals surface area contributed by atoms with Crippen molar-refractivity contribution in [1.29, 1.82) is 0 Å². The molecule has 6 aliphatic rings. The third kappa shape index (κ3) is 1.59. The van der Waals surface area contributed by atoms with Gasteiger partial charge in [-0.05, 0) is 73.0 Å². The number of carbonyl (C=O) groups is 2. The lowest BCUT2D eigenvalue weighted by atomic mass is 9.50. The molecule has 1 aliphatic heterocycles. The average molecular weight is 336 g/mol. The molecule has 6 rings (SSSR count). The maximum absolute atomic E-state index is 11.9. The van der Waals surface area contributed by atoms with E-state index in [0.29, 0.717) is 47.7 Å². The first kappa shape index (κ1) is 14.5. The Morgan fingerprint density at radius 1 is 1.16 bits per heavy atom. The number of allylic oxidation sites excluding steroid dienone is 4. The molecule has 25 heavy (non-hydrogen) atoms. The number of hydrogen-bond donors (Lipinski definition) is 0. The third-order valence-electron chi connectivity index (χ3n) is 8.61. The molecule has 8 atom stereocenters. The normalized spacial score (nSPS) is 54.5. The minimum absolute atomic E-state index is 0.0699. The summed E-state index contributed by atoms with van der Waals surface area (Å²) in [6.45, 7) is 2.38. The second kappa shape index (κ2) is 4.36. The minimum atomic E-state index is -0.336. The fourth-order valence-electron chi connectivity index (χ4n) is 7.61. The van der Waals surface area contributed by atoms with Gasteiger partial charge >= 0.3 is 5.97 Å². The lowest BCUT2D eigenvalue weighted by Gasteiger charge is -2.55. The summed E-state index contributed by atoms with van der Waals surface area (Å²) >= 11 is 0. The first-order valence-electron chi connectivity index (χ1n) is 9.88. The van der Waals surface area contributed by atoms with Crippen molar-refractivity contribution in [2.45, 2.75) is 44.6 Å². The number of carbonyl (C=O) groups excluding carboxylic acids is 2. The molecule has 0 bridgehead atoms. The Bertz CT molecular complexity index is 789. The minimum Gasteiger partial charge on any atom is -0.451 e. The molecular formula is C22H24O3. The molecule has 1 heterocycles. The van der Waals surface area contributed by atoms with Gasteiger partial charge in [-0.15, -0.1) is 0 Å². The van der Waals surface area contributed by atoms with Crippen LogP contribution in [0.25, 0.3) is 0 Å². The van der Waals surface area contributed by atoms with Gasteiger partial charge in [-0.25, -0.2) is 4.79 Å². The predicted molar refractivity (Wildman–Crippen MR) is 92.3 cm³/mol. The van der Waals surface area contributed by atoms with Crippen LogP contribution in [-0.2, 0) is 14.3 Å². The SMILES string of the molecule is C[C@]12CC[C@H]3[C@@H](C=CC4=CC(=O)CC[C@@H]43)[C@@H]1[C@H]1C[C@H]1[C@@]21C=CC(=O)O1. The molecular weight excluding hydrogens is 312 g/mol. The van der Waals surface area contributed by atoms with Gasteiger partial charge < -0.3 is 4.74 Å². The van der Waals surface area contributed by atoms with E-state index in [4.69, 9.17) is 4.74 Å². The molecule has 0 N–H and O–H groups in total. The number of ether oxygens (including phenoxy) is 1. The van der Waals surface area contributed by atoms with Crippen LogP contribution in [-0.4, -0.2) is 17.4 Å². The summed E-state index contributed by atoms with van der Waals surface area (Å²) in [5.74, 6) is 3.80. The predicted octanol–water partition coefficient (Wildman–Crippen LogP) is 3.61. The zero-order valence-electron chi connectivity index (χ0n) is 14.6. The van der Waals surface area contributed by atoms with Gasteiger partial charge in [-0.1, -0.05) is 19.1 Å². The first-order chi connectivity index (χ1) is 12.0. The summed E-state index contributed by atoms with van der Waals surface area (Å²) in [6.07, 6.45) is 15.6. The Hall–Kier alpha value is -1.64. The van der Waals surface area contributed by atoms with Crippen molar-refractivity contribution in [3.8, 4) is 0 Å². The Morgan fingerprint density at radius 2 is 2.04 bits per heavy atom. The maximum atomic E-state index is 11.9. The lowest BCUT2D eigenvalue weighted by molar-refractivity contribution is -0.165. The van der Waals surface area contributed by atoms with E-state index in [9.17, 15) is 9.59 Å². The molecule has 5 aliphatic carbocycles. The van der Waals surface area contributed by atoms with Gasteiger partial charge in [-0.2, -0.15) is 0 Å². The van der Waals surface area contributed by atoms with Crippen LogP contribution in [0, 0.1) is 40.9 Å². The Labute approximate surface area is 148 Å². The van der Waals surface area contributed by atoms with Gasteiger partial charge in [0.15, 0.2) is 5.78 Å². The second-order valence-corrected chi connectivity index (χ2v) is 9.39. The average Bonchev–Trinajstić information content (AvgIpc) is 3.23. The summed E-state index contributed by atoms with van der Waals surface area (Å²) in [4.78, 5) is 23.7. The molecule has 3 saturated carbocycles. The molecule has 0 saturated heterocycles. The van der Waals surface area contributed by atoms with Gasteiger partial charge in [0.05, 0.1) is 0 Å². The highest BCUT2D eigenvalue weighted by Gasteiger charge is 2.77. The summed E-state index contributed by atoms with van der Waals surface area (Å²) < 4.78 is 6.01. The topological polar surface area (TPSA) is 43.4 Å². The summed E-state index contributed by atoms with van der Waals surface area (Å²) in [6, 6.07) is 0. The highest BCUT2D eigenvalue weighted by molar-refractivity contribution is 5.92. The molecule has 0 unspecified atom stereocenters. The van der Waals surface area contributed by atoms with E-state index in [-0.39, 0.29) is 17.0 Å². The maximum Gasteiger partial charge on any atom is 0.331 e. The van der Waals surface area contributed by atoms with Crippen LogP contribution in [0.3, 0.4) is 0 Å². The van der Waals surface area contributed by atoms with E-state index >= 15 is 0 Å². The van der Waals surface area contributed by atoms with Crippen molar-refractivity contribution in [2.75, 3.05) is 0 Å². The lowest BCUT2D eigenvalue weighted by Crippen LogP contribution is -2.54. The van der Waals surface area contributed by atoms with E-state index in [2.05, 4.69) is 25.2 Å². The van der Waals surface area contributed by atoms with Crippen molar-refractivity contribution in [3.63, 3.8) is 0 Å². The fraction of sp³-hybridized carbons (Fsp3) is 0.636. The van der Waals surface area contributed by atoms with E-state index in [0.717, 1.165) is 12.8 Å². The largest absolute Gasteiger partial charge is 0.451 e. The number of rotatable bonds is 0. The van der Waals surface area contributed by atoms with Crippen LogP contribution in [0.15, 0.2) is 36.0 Å². The second-order valence-electron chi connectivity index (χ2n) is 9.39. The first-order valence-corrected chi connectivity index (χ1v) is 9.88. The summed E-state index contributed by atoms with van der Waals surface area (Å²) in [5.41, 5.74) is 1.01. The van der Waals surface area contributed by atoms with Crippen LogP contribution in [0.5, 0.6) is 0 Å². The highest BCUT2D eigenvalue weighted by atomic mass is 16.6. The molecule has 3 fully saturated rings. The van der Waals surface area contributed by atoms with Crippen molar-refractivity contribution >= 4 is 11.8 Å². The van der Waals surface area contributed by atoms with Gasteiger partial charge in [-0.3, -0.25) is 4.79 Å². The monoisotopic (exact) mass is 336 g/mol. The molecule has 3 heteroatoms. The van der Waals surface area contributed by atoms with E-state index < -0.39 is 0 Å². The smallest absolute Gasteiger partial charge is 0.331 e. The van der Waals surface area contributed by atoms with Gasteiger partial charge in [0.25, 0.3) is 0 Å². The van der Waals surface area contributed by atoms with E-state index in [1.165, 1.54) is 18.4 Å². The van der Waals surface area contributed by atoms with Crippen LogP contribution < -0.4 is 0 Å². The van der Waals surface area contributed by atoms with Gasteiger partial charge in [0.2, 0.25) is 0 Å². The third-order valence-corrected chi connectivity index (χ3v) is 8.61. The Morgan fingerprint density at radius 3 is 2.84 bits per heavy atom. The molecule has 0 radical (unpaired) electrons. The van der Waals surface area contributed by atoms with Gasteiger partial charge in [0.1, 0.15) is 5.60 Å². The van der Waals surface area contributed by atoms with Crippen molar-refractivity contribution < 1.29 is 14.3 Å². The molecule has 0 aromatic rings. The van der Waals surface area contributed by atoms with Gasteiger partial charge in [0, 0.05) is 23.8 Å².